The molecular weight excluding hydrogens is 266 g/mol. The molecule has 0 N–H and O–H groups in total. The Labute approximate surface area is 129 Å². The molecule has 0 aliphatic rings. The molecule has 0 spiro atoms. The Balaban J connectivity index is 2.08. The first-order valence-corrected chi connectivity index (χ1v) is 7.28. The van der Waals surface area contributed by atoms with E-state index in [2.05, 4.69) is 60.7 Å². The van der Waals surface area contributed by atoms with Gasteiger partial charge in [0.05, 0.1) is 11.6 Å². The molecule has 102 valence electrons. The molecule has 0 atom stereocenters. The van der Waals surface area contributed by atoms with Crippen LogP contribution in [0.1, 0.15) is 5.56 Å². The Kier molecular flexibility index (Phi) is 2.88. The molecule has 4 aromatic carbocycles. The Morgan fingerprint density at radius 3 is 2.00 bits per heavy atom. The van der Waals surface area contributed by atoms with Gasteiger partial charge in [0.2, 0.25) is 0 Å². The van der Waals surface area contributed by atoms with Crippen LogP contribution < -0.4 is 0 Å². The first-order valence-electron chi connectivity index (χ1n) is 7.28. The normalized spacial score (nSPS) is 10.7. The van der Waals surface area contributed by atoms with Gasteiger partial charge in [-0.3, -0.25) is 0 Å². The molecule has 0 aliphatic carbocycles. The van der Waals surface area contributed by atoms with Gasteiger partial charge in [0.1, 0.15) is 0 Å². The highest BCUT2D eigenvalue weighted by Crippen LogP contribution is 2.34. The highest BCUT2D eigenvalue weighted by molar-refractivity contribution is 6.13. The topological polar surface area (TPSA) is 23.8 Å². The van der Waals surface area contributed by atoms with Crippen molar-refractivity contribution >= 4 is 21.5 Å². The van der Waals surface area contributed by atoms with Crippen LogP contribution in [0, 0.1) is 11.3 Å². The van der Waals surface area contributed by atoms with Crippen LogP contribution in [0.2, 0.25) is 0 Å². The average molecular weight is 279 g/mol. The molecule has 4 rings (SSSR count). The van der Waals surface area contributed by atoms with E-state index in [1.54, 1.807) is 0 Å². The van der Waals surface area contributed by atoms with Crippen LogP contribution >= 0.6 is 0 Å². The largest absolute Gasteiger partial charge is 0.192 e. The third kappa shape index (κ3) is 1.94. The minimum Gasteiger partial charge on any atom is -0.192 e. The molecule has 1 nitrogen and oxygen atoms in total. The molecular formula is C21H13N. The maximum absolute atomic E-state index is 8.96. The molecule has 0 unspecified atom stereocenters. The Morgan fingerprint density at radius 1 is 0.636 bits per heavy atom. The SMILES string of the molecule is N#Cc1ccc(-c2cc3ccccc3c3ccccc23)cc1. The van der Waals surface area contributed by atoms with Gasteiger partial charge in [0.25, 0.3) is 0 Å². The van der Waals surface area contributed by atoms with Gasteiger partial charge in [-0.2, -0.15) is 5.26 Å². The molecule has 0 heterocycles. The van der Waals surface area contributed by atoms with Crippen LogP contribution in [0.15, 0.2) is 78.9 Å². The fourth-order valence-corrected chi connectivity index (χ4v) is 3.02. The number of rotatable bonds is 1. The molecule has 0 saturated heterocycles. The van der Waals surface area contributed by atoms with Crippen molar-refractivity contribution in [1.29, 1.82) is 5.26 Å². The highest BCUT2D eigenvalue weighted by atomic mass is 14.2. The maximum Gasteiger partial charge on any atom is 0.0991 e. The van der Waals surface area contributed by atoms with Crippen molar-refractivity contribution in [2.24, 2.45) is 0 Å². The molecule has 0 aliphatic heterocycles. The molecule has 0 amide bonds. The summed E-state index contributed by atoms with van der Waals surface area (Å²) < 4.78 is 0. The predicted molar refractivity (Wildman–Crippen MR) is 91.6 cm³/mol. The lowest BCUT2D eigenvalue weighted by atomic mass is 9.93. The lowest BCUT2D eigenvalue weighted by Gasteiger charge is -2.11. The van der Waals surface area contributed by atoms with Crippen molar-refractivity contribution in [3.63, 3.8) is 0 Å². The van der Waals surface area contributed by atoms with Crippen molar-refractivity contribution < 1.29 is 0 Å². The van der Waals surface area contributed by atoms with E-state index in [1.807, 2.05) is 24.3 Å². The monoisotopic (exact) mass is 279 g/mol. The summed E-state index contributed by atoms with van der Waals surface area (Å²) >= 11 is 0. The van der Waals surface area contributed by atoms with Crippen LogP contribution in [0.4, 0.5) is 0 Å². The Morgan fingerprint density at radius 2 is 1.27 bits per heavy atom. The summed E-state index contributed by atoms with van der Waals surface area (Å²) in [5.74, 6) is 0. The van der Waals surface area contributed by atoms with Crippen LogP contribution in [0.3, 0.4) is 0 Å². The fourth-order valence-electron chi connectivity index (χ4n) is 3.02. The number of nitrogens with zero attached hydrogens (tertiary/aromatic N) is 1. The number of hydrogen-bond donors (Lipinski definition) is 0. The molecule has 4 aromatic rings. The minimum atomic E-state index is 0.689. The second-order valence-corrected chi connectivity index (χ2v) is 5.38. The molecule has 0 bridgehead atoms. The maximum atomic E-state index is 8.96. The number of hydrogen-bond acceptors (Lipinski definition) is 1. The van der Waals surface area contributed by atoms with Gasteiger partial charge in [0, 0.05) is 0 Å². The van der Waals surface area contributed by atoms with Gasteiger partial charge in [0.15, 0.2) is 0 Å². The van der Waals surface area contributed by atoms with E-state index in [-0.39, 0.29) is 0 Å². The predicted octanol–water partition coefficient (Wildman–Crippen LogP) is 5.53. The van der Waals surface area contributed by atoms with Gasteiger partial charge in [-0.1, -0.05) is 60.7 Å². The van der Waals surface area contributed by atoms with Crippen LogP contribution in [0.25, 0.3) is 32.7 Å². The van der Waals surface area contributed by atoms with Crippen LogP contribution in [-0.4, -0.2) is 0 Å². The molecule has 1 heteroatoms. The standard InChI is InChI=1S/C21H13N/c22-14-15-9-11-16(12-10-15)21-13-17-5-1-2-6-18(17)19-7-3-4-8-20(19)21/h1-13H. The van der Waals surface area contributed by atoms with E-state index < -0.39 is 0 Å². The van der Waals surface area contributed by atoms with Gasteiger partial charge < -0.3 is 0 Å². The Hall–Kier alpha value is -3.11. The van der Waals surface area contributed by atoms with E-state index in [1.165, 1.54) is 27.1 Å². The van der Waals surface area contributed by atoms with E-state index >= 15 is 0 Å². The molecule has 0 fully saturated rings. The van der Waals surface area contributed by atoms with Crippen LogP contribution in [0.5, 0.6) is 0 Å². The zero-order valence-electron chi connectivity index (χ0n) is 12.0. The van der Waals surface area contributed by atoms with Gasteiger partial charge in [-0.15, -0.1) is 0 Å². The quantitative estimate of drug-likeness (QED) is 0.420. The zero-order chi connectivity index (χ0) is 14.9. The second kappa shape index (κ2) is 5.02. The van der Waals surface area contributed by atoms with E-state index in [0.29, 0.717) is 5.56 Å². The summed E-state index contributed by atoms with van der Waals surface area (Å²) in [4.78, 5) is 0. The van der Waals surface area contributed by atoms with Crippen molar-refractivity contribution in [2.75, 3.05) is 0 Å². The lowest BCUT2D eigenvalue weighted by molar-refractivity contribution is 1.48. The summed E-state index contributed by atoms with van der Waals surface area (Å²) in [6.45, 7) is 0. The summed E-state index contributed by atoms with van der Waals surface area (Å²) in [6, 6.07) is 29.2. The lowest BCUT2D eigenvalue weighted by Crippen LogP contribution is -1.85. The zero-order valence-corrected chi connectivity index (χ0v) is 12.0. The van der Waals surface area contributed by atoms with Crippen molar-refractivity contribution in [1.82, 2.24) is 0 Å². The summed E-state index contributed by atoms with van der Waals surface area (Å²) in [6.07, 6.45) is 0. The summed E-state index contributed by atoms with van der Waals surface area (Å²) in [7, 11) is 0. The average Bonchev–Trinajstić information content (AvgIpc) is 2.61. The minimum absolute atomic E-state index is 0.689. The van der Waals surface area contributed by atoms with E-state index in [0.717, 1.165) is 5.56 Å². The Bertz CT molecular complexity index is 1020. The van der Waals surface area contributed by atoms with Crippen LogP contribution in [-0.2, 0) is 0 Å². The third-order valence-electron chi connectivity index (χ3n) is 4.09. The summed E-state index contributed by atoms with van der Waals surface area (Å²) in [5.41, 5.74) is 3.04. The first-order chi connectivity index (χ1) is 10.9. The van der Waals surface area contributed by atoms with Crippen molar-refractivity contribution in [3.8, 4) is 17.2 Å². The fraction of sp³-hybridized carbons (Fsp3) is 0. The van der Waals surface area contributed by atoms with Gasteiger partial charge in [-0.25, -0.2) is 0 Å². The highest BCUT2D eigenvalue weighted by Gasteiger charge is 2.07. The first kappa shape index (κ1) is 12.6. The van der Waals surface area contributed by atoms with E-state index in [9.17, 15) is 0 Å². The van der Waals surface area contributed by atoms with Gasteiger partial charge in [-0.05, 0) is 50.9 Å². The number of nitriles is 1. The number of benzene rings is 4. The number of fused-ring (bicyclic) bond motifs is 3. The molecule has 0 aromatic heterocycles. The van der Waals surface area contributed by atoms with Crippen molar-refractivity contribution in [3.05, 3.63) is 84.4 Å². The third-order valence-corrected chi connectivity index (χ3v) is 4.09. The van der Waals surface area contributed by atoms with Crippen molar-refractivity contribution in [2.45, 2.75) is 0 Å². The molecule has 0 radical (unpaired) electrons. The van der Waals surface area contributed by atoms with Gasteiger partial charge >= 0.3 is 0 Å². The second-order valence-electron chi connectivity index (χ2n) is 5.38. The van der Waals surface area contributed by atoms with E-state index in [4.69, 9.17) is 5.26 Å². The molecule has 22 heavy (non-hydrogen) atoms. The molecule has 0 saturated carbocycles. The smallest absolute Gasteiger partial charge is 0.0991 e. The summed E-state index contributed by atoms with van der Waals surface area (Å²) in [5, 5.41) is 14.0.